The van der Waals surface area contributed by atoms with Crippen LogP contribution < -0.4 is 20.3 Å². The summed E-state index contributed by atoms with van der Waals surface area (Å²) in [6.45, 7) is 11.8. The number of halogens is 1. The Hall–Kier alpha value is -9.29. The number of aromatic nitrogens is 10. The summed E-state index contributed by atoms with van der Waals surface area (Å²) in [5, 5.41) is 30.9. The maximum Gasteiger partial charge on any atom is 0.291 e. The number of anilines is 1. The number of hydrogen-bond donors (Lipinski definition) is 3. The van der Waals surface area contributed by atoms with Gasteiger partial charge in [-0.25, -0.2) is 4.98 Å². The summed E-state index contributed by atoms with van der Waals surface area (Å²) in [6, 6.07) is 26.4. The van der Waals surface area contributed by atoms with Crippen LogP contribution in [-0.4, -0.2) is 146 Å². The van der Waals surface area contributed by atoms with E-state index in [0.29, 0.717) is 66.9 Å². The smallest absolute Gasteiger partial charge is 0.291 e. The molecule has 89 heavy (non-hydrogen) atoms. The number of likely N-dealkylation sites (N-methyl/N-ethyl adjacent to an activating group) is 1. The molecule has 0 bridgehead atoms. The molecule has 1 aliphatic carbocycles. The molecule has 3 aromatic carbocycles. The van der Waals surface area contributed by atoms with Gasteiger partial charge in [0.25, 0.3) is 17.7 Å². The Morgan fingerprint density at radius 2 is 1.60 bits per heavy atom. The summed E-state index contributed by atoms with van der Waals surface area (Å²) >= 11 is 8.37. The van der Waals surface area contributed by atoms with Crippen molar-refractivity contribution in [3.8, 4) is 16.9 Å². The van der Waals surface area contributed by atoms with Crippen LogP contribution in [0.15, 0.2) is 116 Å². The number of likely N-dealkylation sites (tertiary alicyclic amines) is 1. The van der Waals surface area contributed by atoms with Crippen molar-refractivity contribution in [3.05, 3.63) is 182 Å². The highest BCUT2D eigenvalue weighted by atomic mass is 35.5. The van der Waals surface area contributed by atoms with Crippen LogP contribution in [0.5, 0.6) is 5.75 Å². The number of piperazine rings is 1. The van der Waals surface area contributed by atoms with Gasteiger partial charge in [0.15, 0.2) is 5.69 Å². The maximum absolute atomic E-state index is 13.1. The minimum Gasteiger partial charge on any atom is -0.489 e. The zero-order valence-corrected chi connectivity index (χ0v) is 51.1. The predicted octanol–water partition coefficient (Wildman–Crippen LogP) is 7.61. The lowest BCUT2D eigenvalue weighted by atomic mass is 9.94. The predicted molar refractivity (Wildman–Crippen MR) is 335 cm³/mol. The van der Waals surface area contributed by atoms with Crippen LogP contribution in [-0.2, 0) is 53.5 Å². The number of H-pyrrole nitrogens is 1. The minimum atomic E-state index is -0.906. The molecule has 9 aromatic rings. The van der Waals surface area contributed by atoms with Crippen molar-refractivity contribution in [2.24, 2.45) is 11.8 Å². The summed E-state index contributed by atoms with van der Waals surface area (Å²) in [4.78, 5) is 82.8. The van der Waals surface area contributed by atoms with Crippen LogP contribution in [0.25, 0.3) is 33.5 Å². The van der Waals surface area contributed by atoms with Gasteiger partial charge in [-0.2, -0.15) is 15.3 Å². The van der Waals surface area contributed by atoms with Crippen molar-refractivity contribution < 1.29 is 28.7 Å². The van der Waals surface area contributed by atoms with Gasteiger partial charge in [-0.1, -0.05) is 60.2 Å². The van der Waals surface area contributed by atoms with Gasteiger partial charge in [0.1, 0.15) is 24.2 Å². The molecule has 9 heterocycles. The number of pyridine rings is 1. The second kappa shape index (κ2) is 25.1. The molecule has 0 radical (unpaired) electrons. The Morgan fingerprint density at radius 3 is 2.39 bits per heavy atom. The highest BCUT2D eigenvalue weighted by Gasteiger charge is 2.58. The summed E-state index contributed by atoms with van der Waals surface area (Å²) in [7, 11) is 1.64. The van der Waals surface area contributed by atoms with Crippen LogP contribution >= 0.6 is 22.9 Å². The number of benzene rings is 3. The lowest BCUT2D eigenvalue weighted by Gasteiger charge is -2.45. The summed E-state index contributed by atoms with van der Waals surface area (Å²) in [5.74, 6) is -0.525. The molecule has 5 atom stereocenters. The molecule has 3 unspecified atom stereocenters. The zero-order valence-electron chi connectivity index (χ0n) is 49.5. The summed E-state index contributed by atoms with van der Waals surface area (Å²) < 4.78 is 10.5. The SMILES string of the molecule is Cc1cc(Cl)cc(-c2ccnc3cc(CN4C(=O)C5CC5C4=O)sc23)c1CN1[C@@H](C)CN(Cc2cnn(CCCNC(=O)c3ccc(Cn4cc(/C=C\c5ccc(Cc6nc(C(=O)NC7COc8ccccc8N(C)C7=O)n[nH]6)cc5)cn4)nn3)c2)C[C@@H]1C. The van der Waals surface area contributed by atoms with Crippen LogP contribution in [0.2, 0.25) is 5.02 Å². The third-order valence-corrected chi connectivity index (χ3v) is 18.3. The zero-order chi connectivity index (χ0) is 61.4. The Kier molecular flexibility index (Phi) is 16.5. The van der Waals surface area contributed by atoms with E-state index in [-0.39, 0.29) is 72.2 Å². The topological polar surface area (TPSA) is 247 Å². The first-order chi connectivity index (χ1) is 43.1. The number of rotatable bonds is 20. The number of hydrogen-bond acceptors (Lipinski definition) is 16. The molecule has 6 aromatic heterocycles. The Labute approximate surface area is 521 Å². The quantitative estimate of drug-likeness (QED) is 0.0491. The number of aromatic amines is 1. The number of aryl methyl sites for hydroxylation is 2. The van der Waals surface area contributed by atoms with Gasteiger partial charge in [0, 0.05) is 110 Å². The molecule has 22 nitrogen and oxygen atoms in total. The van der Waals surface area contributed by atoms with Crippen LogP contribution in [0.4, 0.5) is 5.69 Å². The lowest BCUT2D eigenvalue weighted by Crippen LogP contribution is -2.55. The van der Waals surface area contributed by atoms with E-state index in [1.165, 1.54) is 15.4 Å². The Morgan fingerprint density at radius 1 is 0.809 bits per heavy atom. The first-order valence-electron chi connectivity index (χ1n) is 29.8. The highest BCUT2D eigenvalue weighted by molar-refractivity contribution is 7.19. The molecule has 13 rings (SSSR count). The molecular weight excluding hydrogens is 1170 g/mol. The van der Waals surface area contributed by atoms with E-state index in [9.17, 15) is 24.0 Å². The number of nitrogens with zero attached hydrogens (tertiary/aromatic N) is 13. The first kappa shape index (κ1) is 58.7. The number of fused-ring (bicyclic) bond motifs is 3. The molecule has 4 aliphatic rings. The van der Waals surface area contributed by atoms with Crippen LogP contribution in [0.1, 0.15) is 97.6 Å². The molecular formula is C65H65ClN16O6S. The van der Waals surface area contributed by atoms with E-state index in [4.69, 9.17) is 21.3 Å². The fourth-order valence-electron chi connectivity index (χ4n) is 12.2. The summed E-state index contributed by atoms with van der Waals surface area (Å²) in [6.07, 6.45) is 15.3. The van der Waals surface area contributed by atoms with Gasteiger partial charge >= 0.3 is 0 Å². The van der Waals surface area contributed by atoms with Crippen molar-refractivity contribution in [1.29, 1.82) is 0 Å². The van der Waals surface area contributed by atoms with Crippen LogP contribution in [0.3, 0.4) is 0 Å². The number of ether oxygens (including phenoxy) is 1. The average Bonchev–Trinajstić information content (AvgIpc) is 1.67. The number of carbonyl (C=O) groups is 5. The van der Waals surface area contributed by atoms with E-state index < -0.39 is 11.9 Å². The number of imide groups is 1. The lowest BCUT2D eigenvalue weighted by molar-refractivity contribution is -0.142. The molecule has 3 N–H and O–H groups in total. The largest absolute Gasteiger partial charge is 0.489 e. The van der Waals surface area contributed by atoms with Crippen molar-refractivity contribution in [2.45, 2.75) is 90.9 Å². The molecule has 5 amide bonds. The highest BCUT2D eigenvalue weighted by Crippen LogP contribution is 2.48. The van der Waals surface area contributed by atoms with Crippen molar-refractivity contribution in [2.75, 3.05) is 38.2 Å². The van der Waals surface area contributed by atoms with Gasteiger partial charge < -0.3 is 20.3 Å². The van der Waals surface area contributed by atoms with E-state index in [1.54, 1.807) is 53.5 Å². The Bertz CT molecular complexity index is 4160. The average molecular weight is 1230 g/mol. The summed E-state index contributed by atoms with van der Waals surface area (Å²) in [5.41, 5.74) is 10.8. The van der Waals surface area contributed by atoms with Gasteiger partial charge in [-0.05, 0) is 110 Å². The second-order valence-corrected chi connectivity index (χ2v) is 25.0. The van der Waals surface area contributed by atoms with Gasteiger partial charge in [-0.15, -0.1) is 21.5 Å². The van der Waals surface area contributed by atoms with Gasteiger partial charge in [0.05, 0.1) is 58.9 Å². The van der Waals surface area contributed by atoms with E-state index in [0.717, 1.165) is 80.2 Å². The maximum atomic E-state index is 13.1. The van der Waals surface area contributed by atoms with Crippen molar-refractivity contribution >= 4 is 80.5 Å². The second-order valence-electron chi connectivity index (χ2n) is 23.5. The number of nitrogens with one attached hydrogen (secondary N) is 3. The third-order valence-electron chi connectivity index (χ3n) is 17.0. The fraction of sp³-hybridized carbons (Fsp3) is 0.323. The first-order valence-corrected chi connectivity index (χ1v) is 31.0. The molecule has 3 fully saturated rings. The number of amides is 5. The number of carbonyl (C=O) groups excluding carboxylic acids is 5. The van der Waals surface area contributed by atoms with Crippen molar-refractivity contribution in [1.82, 2.24) is 75.3 Å². The Balaban J connectivity index is 0.533. The number of para-hydroxylation sites is 2. The molecule has 3 aliphatic heterocycles. The van der Waals surface area contributed by atoms with E-state index >= 15 is 0 Å². The number of piperidine rings is 1. The number of thiophene rings is 1. The minimum absolute atomic E-state index is 0.0178. The molecule has 0 spiro atoms. The van der Waals surface area contributed by atoms with Crippen LogP contribution in [0, 0.1) is 18.8 Å². The van der Waals surface area contributed by atoms with E-state index in [1.807, 2.05) is 90.0 Å². The molecule has 454 valence electrons. The standard InChI is InChI=1S/C65H65ClN16O6S/c1-38-22-45(66)24-49(48-18-20-67-54-25-47(89-59(48)54)35-82-63(85)50-26-51(50)64(82)86)52(38)36-81-39(2)29-78(30-40(81)3)31-44-28-69-79(33-44)21-7-19-68-61(83)53-17-16-46(73-74-53)34-80-32-43(27-70-80)15-12-41-10-13-42(14-11-41)23-58-72-60(76-75-58)62(84)71-55-37-88-57-9-6-5-8-56(57)77(4)65(55)87/h5-6,8-18,20,22,24-25,27-28,32-33,39-40,50-51,55H,7,19,21,23,26,29-31,34-37H2,1-4H3,(H,68,83)(H,71,84)(H,72,75,76)/b15-12-/t39-,40-,50?,51?,55?/m0/s1. The van der Waals surface area contributed by atoms with E-state index in [2.05, 4.69) is 89.0 Å². The molecule has 1 saturated carbocycles. The monoisotopic (exact) mass is 1230 g/mol. The van der Waals surface area contributed by atoms with Gasteiger partial charge in [0.2, 0.25) is 17.6 Å². The van der Waals surface area contributed by atoms with Crippen molar-refractivity contribution in [3.63, 3.8) is 0 Å². The molecule has 2 saturated heterocycles. The fourth-order valence-corrected chi connectivity index (χ4v) is 13.6. The van der Waals surface area contributed by atoms with Gasteiger partial charge in [-0.3, -0.25) is 58.1 Å². The normalized spacial score (nSPS) is 19.4. The molecule has 24 heteroatoms. The third kappa shape index (κ3) is 12.9.